The van der Waals surface area contributed by atoms with Crippen molar-refractivity contribution in [2.45, 2.75) is 6.54 Å². The Hall–Kier alpha value is -0.770. The summed E-state index contributed by atoms with van der Waals surface area (Å²) in [6, 6.07) is 0. The van der Waals surface area contributed by atoms with E-state index in [9.17, 15) is 4.39 Å². The molecule has 0 aliphatic carbocycles. The maximum absolute atomic E-state index is 11.6. The van der Waals surface area contributed by atoms with Crippen LogP contribution in [-0.4, -0.2) is 16.5 Å². The van der Waals surface area contributed by atoms with E-state index in [1.807, 2.05) is 0 Å². The Bertz CT molecular complexity index is 189. The number of alkyl halides is 1. The molecule has 0 spiro atoms. The van der Waals surface area contributed by atoms with Crippen molar-refractivity contribution in [1.82, 2.24) is 9.78 Å². The van der Waals surface area contributed by atoms with Crippen molar-refractivity contribution in [1.29, 1.82) is 0 Å². The average Bonchev–Trinajstić information content (AvgIpc) is 2.17. The zero-order valence-electron chi connectivity index (χ0n) is 5.33. The van der Waals surface area contributed by atoms with Crippen molar-refractivity contribution in [2.75, 3.05) is 12.4 Å². The lowest BCUT2D eigenvalue weighted by molar-refractivity contribution is 0.427. The average molecular weight is 166 g/mol. The van der Waals surface area contributed by atoms with Crippen molar-refractivity contribution in [3.8, 4) is 0 Å². The van der Waals surface area contributed by atoms with Crippen molar-refractivity contribution in [3.05, 3.63) is 12.4 Å². The van der Waals surface area contributed by atoms with Gasteiger partial charge in [-0.1, -0.05) is 0 Å². The maximum atomic E-state index is 11.6. The second-order valence-electron chi connectivity index (χ2n) is 1.73. The number of nitrogens with zero attached hydrogens (tertiary/aromatic N) is 2. The molecule has 0 unspecified atom stereocenters. The van der Waals surface area contributed by atoms with Crippen LogP contribution in [-0.2, 0) is 6.54 Å². The van der Waals surface area contributed by atoms with Gasteiger partial charge in [0.2, 0.25) is 0 Å². The lowest BCUT2D eigenvalue weighted by Gasteiger charge is -1.91. The third-order valence-electron chi connectivity index (χ3n) is 0.967. The molecule has 1 rings (SSSR count). The Kier molecular flexibility index (Phi) is 3.79. The summed E-state index contributed by atoms with van der Waals surface area (Å²) in [6.45, 7) is -0.113. The van der Waals surface area contributed by atoms with Crippen LogP contribution in [0.5, 0.6) is 0 Å². The summed E-state index contributed by atoms with van der Waals surface area (Å²) in [5, 5.41) is 3.76. The summed E-state index contributed by atoms with van der Waals surface area (Å²) in [5.74, 6) is 0. The minimum absolute atomic E-state index is 0. The normalized spacial score (nSPS) is 8.90. The number of aryl methyl sites for hydroxylation is 1. The molecule has 0 bridgehead atoms. The van der Waals surface area contributed by atoms with Crippen molar-refractivity contribution in [3.63, 3.8) is 0 Å². The number of hydrogen-bond acceptors (Lipinski definition) is 2. The summed E-state index contributed by atoms with van der Waals surface area (Å²) in [7, 11) is 0. The van der Waals surface area contributed by atoms with Crippen LogP contribution in [0, 0.1) is 0 Å². The summed E-state index contributed by atoms with van der Waals surface area (Å²) in [6.07, 6.45) is 3.09. The molecule has 0 fully saturated rings. The lowest BCUT2D eigenvalue weighted by atomic mass is 10.6. The zero-order chi connectivity index (χ0) is 6.69. The maximum Gasteiger partial charge on any atom is 0.109 e. The van der Waals surface area contributed by atoms with E-state index >= 15 is 0 Å². The standard InChI is InChI=1S/C5H8FN3.ClH/c6-1-2-9-4-5(7)3-8-9;/h3-4H,1-2,7H2;1H. The van der Waals surface area contributed by atoms with Crippen LogP contribution >= 0.6 is 12.4 Å². The number of rotatable bonds is 2. The van der Waals surface area contributed by atoms with Gasteiger partial charge in [-0.25, -0.2) is 4.39 Å². The Morgan fingerprint density at radius 2 is 2.40 bits per heavy atom. The van der Waals surface area contributed by atoms with E-state index in [-0.39, 0.29) is 19.0 Å². The van der Waals surface area contributed by atoms with E-state index in [0.717, 1.165) is 0 Å². The minimum atomic E-state index is -0.402. The molecular weight excluding hydrogens is 157 g/mol. The van der Waals surface area contributed by atoms with Crippen LogP contribution < -0.4 is 5.73 Å². The molecule has 1 aromatic heterocycles. The summed E-state index contributed by atoms with van der Waals surface area (Å²) in [4.78, 5) is 0. The quantitative estimate of drug-likeness (QED) is 0.707. The number of nitrogens with two attached hydrogens (primary N) is 1. The zero-order valence-corrected chi connectivity index (χ0v) is 6.14. The Morgan fingerprint density at radius 3 is 2.80 bits per heavy atom. The van der Waals surface area contributed by atoms with Crippen LogP contribution in [0.4, 0.5) is 10.1 Å². The van der Waals surface area contributed by atoms with Gasteiger partial charge in [-0.2, -0.15) is 5.10 Å². The van der Waals surface area contributed by atoms with Gasteiger partial charge in [-0.05, 0) is 0 Å². The van der Waals surface area contributed by atoms with Crippen LogP contribution in [0.1, 0.15) is 0 Å². The number of anilines is 1. The molecule has 0 saturated heterocycles. The second kappa shape index (κ2) is 4.11. The molecule has 0 saturated carbocycles. The second-order valence-corrected chi connectivity index (χ2v) is 1.73. The van der Waals surface area contributed by atoms with Gasteiger partial charge in [0, 0.05) is 6.20 Å². The molecule has 0 aliphatic rings. The predicted molar refractivity (Wildman–Crippen MR) is 39.9 cm³/mol. The molecule has 0 amide bonds. The largest absolute Gasteiger partial charge is 0.396 e. The monoisotopic (exact) mass is 165 g/mol. The first-order valence-corrected chi connectivity index (χ1v) is 2.67. The first kappa shape index (κ1) is 9.23. The van der Waals surface area contributed by atoms with E-state index in [1.54, 1.807) is 6.20 Å². The van der Waals surface area contributed by atoms with Gasteiger partial charge < -0.3 is 5.73 Å². The highest BCUT2D eigenvalue weighted by Gasteiger charge is 1.90. The molecule has 0 aliphatic heterocycles. The SMILES string of the molecule is Cl.Nc1cnn(CCF)c1. The third kappa shape index (κ3) is 2.23. The molecule has 1 aromatic rings. The van der Waals surface area contributed by atoms with Gasteiger partial charge in [0.25, 0.3) is 0 Å². The number of nitrogen functional groups attached to an aromatic ring is 1. The number of halogens is 2. The first-order valence-electron chi connectivity index (χ1n) is 2.67. The Morgan fingerprint density at radius 1 is 1.70 bits per heavy atom. The van der Waals surface area contributed by atoms with Gasteiger partial charge in [-0.3, -0.25) is 4.68 Å². The Labute approximate surface area is 64.4 Å². The topological polar surface area (TPSA) is 43.8 Å². The van der Waals surface area contributed by atoms with Crippen LogP contribution in [0.25, 0.3) is 0 Å². The highest BCUT2D eigenvalue weighted by Crippen LogP contribution is 1.96. The summed E-state index contributed by atoms with van der Waals surface area (Å²) < 4.78 is 13.1. The lowest BCUT2D eigenvalue weighted by Crippen LogP contribution is -1.98. The highest BCUT2D eigenvalue weighted by atomic mass is 35.5. The first-order chi connectivity index (χ1) is 4.33. The third-order valence-corrected chi connectivity index (χ3v) is 0.967. The van der Waals surface area contributed by atoms with Crippen molar-refractivity contribution < 1.29 is 4.39 Å². The molecule has 0 aromatic carbocycles. The van der Waals surface area contributed by atoms with Crippen LogP contribution in [0.3, 0.4) is 0 Å². The molecule has 0 atom stereocenters. The fourth-order valence-electron chi connectivity index (χ4n) is 0.588. The van der Waals surface area contributed by atoms with Crippen LogP contribution in [0.15, 0.2) is 12.4 Å². The fraction of sp³-hybridized carbons (Fsp3) is 0.400. The molecular formula is C5H9ClFN3. The summed E-state index contributed by atoms with van der Waals surface area (Å²) >= 11 is 0. The van der Waals surface area contributed by atoms with Gasteiger partial charge in [0.1, 0.15) is 6.67 Å². The number of hydrogen-bond donors (Lipinski definition) is 1. The number of aromatic nitrogens is 2. The van der Waals surface area contributed by atoms with Crippen molar-refractivity contribution >= 4 is 18.1 Å². The fourth-order valence-corrected chi connectivity index (χ4v) is 0.588. The molecule has 1 heterocycles. The van der Waals surface area contributed by atoms with E-state index in [2.05, 4.69) is 5.10 Å². The Balaban J connectivity index is 0.000000810. The van der Waals surface area contributed by atoms with E-state index in [4.69, 9.17) is 5.73 Å². The molecule has 10 heavy (non-hydrogen) atoms. The van der Waals surface area contributed by atoms with Crippen molar-refractivity contribution in [2.24, 2.45) is 0 Å². The van der Waals surface area contributed by atoms with Gasteiger partial charge in [-0.15, -0.1) is 12.4 Å². The minimum Gasteiger partial charge on any atom is -0.396 e. The molecule has 3 nitrogen and oxygen atoms in total. The summed E-state index contributed by atoms with van der Waals surface area (Å²) in [5.41, 5.74) is 5.88. The van der Waals surface area contributed by atoms with E-state index < -0.39 is 6.67 Å². The predicted octanol–water partition coefficient (Wildman–Crippen LogP) is 0.857. The van der Waals surface area contributed by atoms with Gasteiger partial charge >= 0.3 is 0 Å². The van der Waals surface area contributed by atoms with E-state index in [1.165, 1.54) is 10.9 Å². The highest BCUT2D eigenvalue weighted by molar-refractivity contribution is 5.85. The molecule has 2 N–H and O–H groups in total. The molecule has 5 heteroatoms. The smallest absolute Gasteiger partial charge is 0.109 e. The molecule has 0 radical (unpaired) electrons. The van der Waals surface area contributed by atoms with E-state index in [0.29, 0.717) is 5.69 Å². The molecule has 58 valence electrons. The van der Waals surface area contributed by atoms with Gasteiger partial charge in [0.05, 0.1) is 18.4 Å². The van der Waals surface area contributed by atoms with Crippen LogP contribution in [0.2, 0.25) is 0 Å². The van der Waals surface area contributed by atoms with Gasteiger partial charge in [0.15, 0.2) is 0 Å².